The van der Waals surface area contributed by atoms with Gasteiger partial charge in [-0.2, -0.15) is 0 Å². The molecule has 48 heavy (non-hydrogen) atoms. The lowest BCUT2D eigenvalue weighted by atomic mass is 10.1. The van der Waals surface area contributed by atoms with Crippen molar-refractivity contribution in [3.63, 3.8) is 0 Å². The quantitative estimate of drug-likeness (QED) is 0.0200. The largest absolute Gasteiger partial charge is 0.463 e. The van der Waals surface area contributed by atoms with Gasteiger partial charge in [0.15, 0.2) is 0 Å². The Hall–Kier alpha value is -2.30. The lowest BCUT2D eigenvalue weighted by Gasteiger charge is -2.12. The summed E-state index contributed by atoms with van der Waals surface area (Å²) in [4.78, 5) is 32.9. The van der Waals surface area contributed by atoms with E-state index in [1.807, 2.05) is 36.5 Å². The highest BCUT2D eigenvalue weighted by molar-refractivity contribution is 5.69. The minimum atomic E-state index is -1.02. The predicted octanol–water partition coefficient (Wildman–Crippen LogP) is 10.00. The minimum absolute atomic E-state index is 0.171. The van der Waals surface area contributed by atoms with E-state index in [0.29, 0.717) is 12.8 Å². The van der Waals surface area contributed by atoms with Gasteiger partial charge in [-0.05, 0) is 51.4 Å². The van der Waals surface area contributed by atoms with E-state index in [9.17, 15) is 14.7 Å². The van der Waals surface area contributed by atoms with Crippen molar-refractivity contribution in [1.82, 2.24) is 0 Å². The number of carbonyl (C=O) groups is 2. The number of unbranched alkanes of at least 4 members (excludes halogenated alkanes) is 14. The summed E-state index contributed by atoms with van der Waals surface area (Å²) >= 11 is 0. The van der Waals surface area contributed by atoms with E-state index < -0.39 is 6.10 Å². The van der Waals surface area contributed by atoms with E-state index in [0.717, 1.165) is 128 Å². The highest BCUT2D eigenvalue weighted by Crippen LogP contribution is 2.12. The Morgan fingerprint density at radius 3 is 1.33 bits per heavy atom. The van der Waals surface area contributed by atoms with Crippen molar-refractivity contribution in [3.8, 4) is 0 Å². The number of hydrogen-bond donors (Lipinski definition) is 3. The zero-order valence-corrected chi connectivity index (χ0v) is 30.1. The molecule has 0 aromatic rings. The summed E-state index contributed by atoms with van der Waals surface area (Å²) in [7, 11) is 0. The van der Waals surface area contributed by atoms with Crippen molar-refractivity contribution in [2.24, 2.45) is 0 Å². The van der Waals surface area contributed by atoms with Crippen LogP contribution in [-0.4, -0.2) is 59.1 Å². The maximum Gasteiger partial charge on any atom is 0.305 e. The second-order valence-electron chi connectivity index (χ2n) is 12.5. The molecule has 9 heteroatoms. The van der Waals surface area contributed by atoms with Crippen molar-refractivity contribution in [1.29, 1.82) is 0 Å². The van der Waals surface area contributed by atoms with Crippen molar-refractivity contribution in [2.75, 3.05) is 13.2 Å². The number of esters is 2. The van der Waals surface area contributed by atoms with E-state index in [4.69, 9.17) is 20.0 Å². The second kappa shape index (κ2) is 36.0. The monoisotopic (exact) mass is 680 g/mol. The van der Waals surface area contributed by atoms with Gasteiger partial charge in [0.05, 0.1) is 0 Å². The molecular weight excluding hydrogens is 612 g/mol. The molecule has 0 aliphatic rings. The van der Waals surface area contributed by atoms with Gasteiger partial charge >= 0.3 is 11.9 Å². The molecule has 0 amide bonds. The maximum atomic E-state index is 12.0. The van der Waals surface area contributed by atoms with Crippen LogP contribution in [-0.2, 0) is 28.8 Å². The molecule has 0 radical (unpaired) electrons. The Kier molecular flexibility index (Phi) is 34.3. The molecular formula is C39H68O9. The van der Waals surface area contributed by atoms with E-state index in [1.54, 1.807) is 0 Å². The first-order valence-corrected chi connectivity index (χ1v) is 18.7. The number of carbonyl (C=O) groups excluding carboxylic acids is 2. The molecule has 0 spiro atoms. The fourth-order valence-corrected chi connectivity index (χ4v) is 4.98. The molecule has 2 unspecified atom stereocenters. The lowest BCUT2D eigenvalue weighted by Crippen LogP contribution is -2.25. The van der Waals surface area contributed by atoms with Crippen molar-refractivity contribution in [3.05, 3.63) is 48.6 Å². The molecule has 0 heterocycles. The molecule has 278 valence electrons. The molecule has 0 aromatic carbocycles. The topological polar surface area (TPSA) is 132 Å². The van der Waals surface area contributed by atoms with Gasteiger partial charge in [-0.1, -0.05) is 140 Å². The maximum absolute atomic E-state index is 12.0. The number of allylic oxidation sites excluding steroid dienone is 6. The van der Waals surface area contributed by atoms with Crippen LogP contribution in [0.1, 0.15) is 155 Å². The van der Waals surface area contributed by atoms with Gasteiger partial charge < -0.3 is 14.6 Å². The second-order valence-corrected chi connectivity index (χ2v) is 12.5. The summed E-state index contributed by atoms with van der Waals surface area (Å²) in [6.07, 6.45) is 35.0. The third-order valence-corrected chi connectivity index (χ3v) is 7.98. The first-order valence-electron chi connectivity index (χ1n) is 18.7. The Bertz CT molecular complexity index is 784. The Balaban J connectivity index is 3.67. The van der Waals surface area contributed by atoms with Gasteiger partial charge in [0.2, 0.25) is 0 Å². The van der Waals surface area contributed by atoms with Crippen LogP contribution in [0.25, 0.3) is 0 Å². The van der Waals surface area contributed by atoms with Crippen LogP contribution in [0, 0.1) is 0 Å². The molecule has 0 rings (SSSR count). The molecule has 3 N–H and O–H groups in total. The third-order valence-electron chi connectivity index (χ3n) is 7.98. The third kappa shape index (κ3) is 32.3. The van der Waals surface area contributed by atoms with Gasteiger partial charge in [-0.3, -0.25) is 20.1 Å². The standard InChI is InChI=1S/C39H68O9/c1-3-5-21-27-36(47-43)29-23-17-13-9-7-11-15-19-25-31-38(41)45-33-35(40)34-46-39(42)32-26-20-16-12-8-10-14-18-24-30-37(48-44)28-22-6-4-2/h13-14,17-18,23-24,29-30,35-37,40,43-44H,3-12,15-16,19-22,25-28,31-34H2,1-2H3/b17-13+,18-14+,29-23+,30-24+. The van der Waals surface area contributed by atoms with Crippen LogP contribution >= 0.6 is 0 Å². The molecule has 0 saturated carbocycles. The van der Waals surface area contributed by atoms with Gasteiger partial charge in [0, 0.05) is 12.8 Å². The average Bonchev–Trinajstić information content (AvgIpc) is 3.09. The number of aliphatic hydroxyl groups excluding tert-OH is 1. The van der Waals surface area contributed by atoms with E-state index in [-0.39, 0.29) is 37.4 Å². The van der Waals surface area contributed by atoms with Crippen molar-refractivity contribution in [2.45, 2.75) is 173 Å². The first kappa shape index (κ1) is 45.7. The SMILES string of the molecule is CCCCCC(/C=C/C=C/CCCCCCCC(=O)OCC(O)COC(=O)CCCCCCC/C=C/C=C/C(CCCCC)OO)OO. The van der Waals surface area contributed by atoms with Gasteiger partial charge in [-0.15, -0.1) is 0 Å². The summed E-state index contributed by atoms with van der Waals surface area (Å²) in [5.41, 5.74) is 0. The molecule has 0 bridgehead atoms. The van der Waals surface area contributed by atoms with E-state index in [2.05, 4.69) is 35.8 Å². The lowest BCUT2D eigenvalue weighted by molar-refractivity contribution is -0.267. The number of hydrogen-bond acceptors (Lipinski definition) is 9. The van der Waals surface area contributed by atoms with Crippen LogP contribution < -0.4 is 0 Å². The number of ether oxygens (including phenoxy) is 2. The summed E-state index contributed by atoms with van der Waals surface area (Å²) in [5.74, 6) is -0.686. The van der Waals surface area contributed by atoms with Crippen LogP contribution in [0.5, 0.6) is 0 Å². The predicted molar refractivity (Wildman–Crippen MR) is 192 cm³/mol. The van der Waals surface area contributed by atoms with E-state index in [1.165, 1.54) is 0 Å². The average molecular weight is 681 g/mol. The summed E-state index contributed by atoms with van der Waals surface area (Å²) in [6.45, 7) is 3.95. The van der Waals surface area contributed by atoms with E-state index >= 15 is 0 Å². The van der Waals surface area contributed by atoms with Crippen LogP contribution in [0.4, 0.5) is 0 Å². The fraction of sp³-hybridized carbons (Fsp3) is 0.744. The van der Waals surface area contributed by atoms with Crippen LogP contribution in [0.2, 0.25) is 0 Å². The normalized spacial score (nSPS) is 14.0. The molecule has 0 aliphatic heterocycles. The molecule has 0 aromatic heterocycles. The minimum Gasteiger partial charge on any atom is -0.463 e. The smallest absolute Gasteiger partial charge is 0.305 e. The Morgan fingerprint density at radius 1 is 0.542 bits per heavy atom. The Morgan fingerprint density at radius 2 is 0.938 bits per heavy atom. The molecule has 0 saturated heterocycles. The molecule has 2 atom stereocenters. The fourth-order valence-electron chi connectivity index (χ4n) is 4.98. The van der Waals surface area contributed by atoms with Gasteiger partial charge in [0.25, 0.3) is 0 Å². The Labute approximate surface area is 291 Å². The molecule has 9 nitrogen and oxygen atoms in total. The van der Waals surface area contributed by atoms with Crippen molar-refractivity contribution >= 4 is 11.9 Å². The highest BCUT2D eigenvalue weighted by atomic mass is 17.1. The zero-order chi connectivity index (χ0) is 35.3. The summed E-state index contributed by atoms with van der Waals surface area (Å²) in [5, 5.41) is 27.9. The van der Waals surface area contributed by atoms with Crippen LogP contribution in [0.15, 0.2) is 48.6 Å². The number of aliphatic hydroxyl groups is 1. The van der Waals surface area contributed by atoms with Gasteiger partial charge in [-0.25, -0.2) is 9.78 Å². The highest BCUT2D eigenvalue weighted by Gasteiger charge is 2.12. The number of rotatable bonds is 34. The molecule has 0 aliphatic carbocycles. The van der Waals surface area contributed by atoms with Crippen molar-refractivity contribution < 1.29 is 44.5 Å². The summed E-state index contributed by atoms with van der Waals surface area (Å²) in [6, 6.07) is 0. The first-order chi connectivity index (χ1) is 23.5. The summed E-state index contributed by atoms with van der Waals surface area (Å²) < 4.78 is 10.3. The molecule has 0 fully saturated rings. The zero-order valence-electron chi connectivity index (χ0n) is 30.1. The van der Waals surface area contributed by atoms with Gasteiger partial charge in [0.1, 0.15) is 31.5 Å². The van der Waals surface area contributed by atoms with Crippen LogP contribution in [0.3, 0.4) is 0 Å².